The Bertz CT molecular complexity index is 89.3. The molecule has 0 spiro atoms. The van der Waals surface area contributed by atoms with Gasteiger partial charge >= 0.3 is 0 Å². The van der Waals surface area contributed by atoms with Crippen molar-refractivity contribution in [1.82, 2.24) is 0 Å². The Morgan fingerprint density at radius 3 is 2.40 bits per heavy atom. The van der Waals surface area contributed by atoms with Crippen molar-refractivity contribution >= 4 is 0 Å². The van der Waals surface area contributed by atoms with E-state index >= 15 is 0 Å². The van der Waals surface area contributed by atoms with Gasteiger partial charge in [-0.1, -0.05) is 19.3 Å². The maximum Gasteiger partial charge on any atom is 0.116 e. The van der Waals surface area contributed by atoms with Gasteiger partial charge in [0.05, 0.1) is 6.10 Å². The van der Waals surface area contributed by atoms with Crippen LogP contribution in [0.25, 0.3) is 0 Å². The third-order valence-electron chi connectivity index (χ3n) is 2.35. The number of aliphatic hydroxyl groups is 1. The third-order valence-corrected chi connectivity index (χ3v) is 2.35. The van der Waals surface area contributed by atoms with Crippen LogP contribution in [0.5, 0.6) is 0 Å². The lowest BCUT2D eigenvalue weighted by atomic mass is 9.86. The van der Waals surface area contributed by atoms with E-state index in [1.807, 2.05) is 0 Å². The van der Waals surface area contributed by atoms with Gasteiger partial charge in [-0.2, -0.15) is 0 Å². The van der Waals surface area contributed by atoms with Crippen molar-refractivity contribution in [3.63, 3.8) is 0 Å². The van der Waals surface area contributed by atoms with E-state index in [2.05, 4.69) is 0 Å². The first-order valence-electron chi connectivity index (χ1n) is 4.08. The van der Waals surface area contributed by atoms with Gasteiger partial charge in [-0.25, -0.2) is 4.39 Å². The molecule has 1 rings (SSSR count). The quantitative estimate of drug-likeness (QED) is 0.630. The molecule has 1 nitrogen and oxygen atoms in total. The Hall–Kier alpha value is -0.110. The van der Waals surface area contributed by atoms with Crippen LogP contribution in [0.4, 0.5) is 4.39 Å². The first kappa shape index (κ1) is 7.99. The van der Waals surface area contributed by atoms with E-state index in [1.165, 1.54) is 19.3 Å². The molecular formula is C8H15FO. The normalized spacial score (nSPS) is 24.6. The number of hydrogen-bond acceptors (Lipinski definition) is 1. The molecule has 1 atom stereocenters. The highest BCUT2D eigenvalue weighted by Crippen LogP contribution is 2.26. The standard InChI is InChI=1S/C8H15FO/c9-6-8(10)7-4-2-1-3-5-7/h7-8,10H,1-6H2/t8-/m0/s1. The lowest BCUT2D eigenvalue weighted by Gasteiger charge is -2.24. The molecule has 1 saturated carbocycles. The van der Waals surface area contributed by atoms with Gasteiger partial charge in [0.1, 0.15) is 6.67 Å². The fourth-order valence-corrected chi connectivity index (χ4v) is 1.64. The molecule has 0 heterocycles. The fraction of sp³-hybridized carbons (Fsp3) is 1.00. The Labute approximate surface area is 61.2 Å². The van der Waals surface area contributed by atoms with E-state index in [9.17, 15) is 4.39 Å². The molecule has 0 aliphatic heterocycles. The monoisotopic (exact) mass is 146 g/mol. The molecular weight excluding hydrogens is 131 g/mol. The van der Waals surface area contributed by atoms with Crippen LogP contribution < -0.4 is 0 Å². The van der Waals surface area contributed by atoms with E-state index in [0.717, 1.165) is 12.8 Å². The van der Waals surface area contributed by atoms with Crippen molar-refractivity contribution in [3.8, 4) is 0 Å². The van der Waals surface area contributed by atoms with Crippen molar-refractivity contribution < 1.29 is 9.50 Å². The van der Waals surface area contributed by atoms with E-state index in [-0.39, 0.29) is 5.92 Å². The van der Waals surface area contributed by atoms with Crippen molar-refractivity contribution in [2.45, 2.75) is 38.2 Å². The summed E-state index contributed by atoms with van der Waals surface area (Å²) in [5, 5.41) is 9.11. The van der Waals surface area contributed by atoms with Crippen LogP contribution in [0.3, 0.4) is 0 Å². The highest BCUT2D eigenvalue weighted by molar-refractivity contribution is 4.72. The molecule has 0 radical (unpaired) electrons. The number of aliphatic hydroxyl groups excluding tert-OH is 1. The summed E-state index contributed by atoms with van der Waals surface area (Å²) in [7, 11) is 0. The molecule has 1 aliphatic carbocycles. The summed E-state index contributed by atoms with van der Waals surface area (Å²) >= 11 is 0. The molecule has 2 heteroatoms. The minimum Gasteiger partial charge on any atom is -0.390 e. The first-order chi connectivity index (χ1) is 4.84. The van der Waals surface area contributed by atoms with E-state index in [1.54, 1.807) is 0 Å². The van der Waals surface area contributed by atoms with E-state index < -0.39 is 12.8 Å². The van der Waals surface area contributed by atoms with Gasteiger partial charge in [0, 0.05) is 0 Å². The van der Waals surface area contributed by atoms with E-state index in [0.29, 0.717) is 0 Å². The minimum absolute atomic E-state index is 0.249. The summed E-state index contributed by atoms with van der Waals surface area (Å²) in [6.07, 6.45) is 4.95. The average molecular weight is 146 g/mol. The fourth-order valence-electron chi connectivity index (χ4n) is 1.64. The Morgan fingerprint density at radius 1 is 1.30 bits per heavy atom. The Kier molecular flexibility index (Phi) is 3.13. The molecule has 0 aromatic rings. The SMILES string of the molecule is O[C@@H](CF)C1CCCCC1. The molecule has 0 aromatic carbocycles. The second kappa shape index (κ2) is 3.91. The summed E-state index contributed by atoms with van der Waals surface area (Å²) in [4.78, 5) is 0. The van der Waals surface area contributed by atoms with Crippen LogP contribution in [-0.2, 0) is 0 Å². The highest BCUT2D eigenvalue weighted by Gasteiger charge is 2.20. The van der Waals surface area contributed by atoms with Crippen LogP contribution >= 0.6 is 0 Å². The van der Waals surface area contributed by atoms with Crippen molar-refractivity contribution in [1.29, 1.82) is 0 Å². The molecule has 1 N–H and O–H groups in total. The van der Waals surface area contributed by atoms with Crippen LogP contribution in [0.2, 0.25) is 0 Å². The molecule has 0 bridgehead atoms. The van der Waals surface area contributed by atoms with E-state index in [4.69, 9.17) is 5.11 Å². The zero-order chi connectivity index (χ0) is 7.40. The lowest BCUT2D eigenvalue weighted by molar-refractivity contribution is 0.0618. The predicted molar refractivity (Wildman–Crippen MR) is 38.6 cm³/mol. The van der Waals surface area contributed by atoms with Gasteiger partial charge < -0.3 is 5.11 Å². The van der Waals surface area contributed by atoms with Gasteiger partial charge in [0.15, 0.2) is 0 Å². The number of rotatable bonds is 2. The lowest BCUT2D eigenvalue weighted by Crippen LogP contribution is -2.24. The maximum absolute atomic E-state index is 11.9. The topological polar surface area (TPSA) is 20.2 Å². The predicted octanol–water partition coefficient (Wildman–Crippen LogP) is 1.90. The summed E-state index contributed by atoms with van der Waals surface area (Å²) in [6.45, 7) is -0.565. The van der Waals surface area contributed by atoms with Gasteiger partial charge in [0.2, 0.25) is 0 Å². The largest absolute Gasteiger partial charge is 0.390 e. The van der Waals surface area contributed by atoms with Gasteiger partial charge in [0.25, 0.3) is 0 Å². The minimum atomic E-state index is -0.680. The molecule has 60 valence electrons. The smallest absolute Gasteiger partial charge is 0.116 e. The number of hydrogen-bond donors (Lipinski definition) is 1. The second-order valence-electron chi connectivity index (χ2n) is 3.12. The molecule has 0 saturated heterocycles. The van der Waals surface area contributed by atoms with Crippen LogP contribution in [-0.4, -0.2) is 17.9 Å². The number of alkyl halides is 1. The first-order valence-corrected chi connectivity index (χ1v) is 4.08. The Balaban J connectivity index is 2.24. The highest BCUT2D eigenvalue weighted by atomic mass is 19.1. The van der Waals surface area contributed by atoms with Gasteiger partial charge in [-0.3, -0.25) is 0 Å². The van der Waals surface area contributed by atoms with Crippen LogP contribution in [0, 0.1) is 5.92 Å². The van der Waals surface area contributed by atoms with Gasteiger partial charge in [-0.15, -0.1) is 0 Å². The Morgan fingerprint density at radius 2 is 1.90 bits per heavy atom. The molecule has 10 heavy (non-hydrogen) atoms. The zero-order valence-corrected chi connectivity index (χ0v) is 6.22. The van der Waals surface area contributed by atoms with Crippen LogP contribution in [0.1, 0.15) is 32.1 Å². The molecule has 1 fully saturated rings. The molecule has 0 aromatic heterocycles. The summed E-state index contributed by atoms with van der Waals surface area (Å²) < 4.78 is 11.9. The average Bonchev–Trinajstić information content (AvgIpc) is 2.05. The summed E-state index contributed by atoms with van der Waals surface area (Å²) in [6, 6.07) is 0. The second-order valence-corrected chi connectivity index (χ2v) is 3.12. The number of halogens is 1. The summed E-state index contributed by atoms with van der Waals surface area (Å²) in [5.41, 5.74) is 0. The van der Waals surface area contributed by atoms with Gasteiger partial charge in [-0.05, 0) is 18.8 Å². The zero-order valence-electron chi connectivity index (χ0n) is 6.22. The van der Waals surface area contributed by atoms with Crippen molar-refractivity contribution in [3.05, 3.63) is 0 Å². The summed E-state index contributed by atoms with van der Waals surface area (Å²) in [5.74, 6) is 0.249. The third kappa shape index (κ3) is 1.94. The van der Waals surface area contributed by atoms with Crippen molar-refractivity contribution in [2.24, 2.45) is 5.92 Å². The molecule has 1 aliphatic rings. The van der Waals surface area contributed by atoms with Crippen LogP contribution in [0.15, 0.2) is 0 Å². The van der Waals surface area contributed by atoms with Crippen molar-refractivity contribution in [2.75, 3.05) is 6.67 Å². The molecule has 0 amide bonds. The maximum atomic E-state index is 11.9. The molecule has 0 unspecified atom stereocenters.